The van der Waals surface area contributed by atoms with Gasteiger partial charge in [-0.3, -0.25) is 0 Å². The molecule has 0 spiro atoms. The summed E-state index contributed by atoms with van der Waals surface area (Å²) in [6.07, 6.45) is 3.17. The predicted molar refractivity (Wildman–Crippen MR) is 56.6 cm³/mol. The van der Waals surface area contributed by atoms with Gasteiger partial charge in [0.1, 0.15) is 5.02 Å². The minimum absolute atomic E-state index is 0.0582. The third-order valence-corrected chi connectivity index (χ3v) is 2.06. The Hall–Kier alpha value is -1.29. The number of rotatable bonds is 5. The molecule has 5 heteroatoms. The van der Waals surface area contributed by atoms with Crippen LogP contribution in [0.1, 0.15) is 30.1 Å². The number of aromatic carboxylic acids is 1. The number of aromatic nitrogens is 1. The lowest BCUT2D eigenvalue weighted by atomic mass is 10.3. The molecule has 0 aliphatic carbocycles. The lowest BCUT2D eigenvalue weighted by Gasteiger charge is -2.06. The van der Waals surface area contributed by atoms with Gasteiger partial charge in [-0.2, -0.15) is 0 Å². The van der Waals surface area contributed by atoms with E-state index in [4.69, 9.17) is 21.4 Å². The number of carboxylic acids is 1. The summed E-state index contributed by atoms with van der Waals surface area (Å²) in [6.45, 7) is 2.58. The summed E-state index contributed by atoms with van der Waals surface area (Å²) >= 11 is 5.80. The molecule has 0 atom stereocenters. The molecule has 0 unspecified atom stereocenters. The maximum absolute atomic E-state index is 10.6. The van der Waals surface area contributed by atoms with E-state index in [-0.39, 0.29) is 16.5 Å². The van der Waals surface area contributed by atoms with E-state index < -0.39 is 5.97 Å². The van der Waals surface area contributed by atoms with Crippen LogP contribution >= 0.6 is 11.6 Å². The van der Waals surface area contributed by atoms with Crippen LogP contribution in [-0.4, -0.2) is 22.7 Å². The molecule has 1 aromatic heterocycles. The number of nitrogens with zero attached hydrogens (tertiary/aromatic N) is 1. The first kappa shape index (κ1) is 11.8. The molecule has 0 aromatic carbocycles. The van der Waals surface area contributed by atoms with E-state index in [2.05, 4.69) is 4.98 Å². The predicted octanol–water partition coefficient (Wildman–Crippen LogP) is 2.61. The summed E-state index contributed by atoms with van der Waals surface area (Å²) in [5, 5.41) is 8.90. The third-order valence-electron chi connectivity index (χ3n) is 1.79. The highest BCUT2D eigenvalue weighted by Gasteiger charge is 2.08. The van der Waals surface area contributed by atoms with Crippen molar-refractivity contribution in [1.82, 2.24) is 4.98 Å². The highest BCUT2D eigenvalue weighted by Crippen LogP contribution is 2.22. The smallest absolute Gasteiger partial charge is 0.337 e. The second-order valence-electron chi connectivity index (χ2n) is 3.02. The van der Waals surface area contributed by atoms with Gasteiger partial charge in [0.25, 0.3) is 0 Å². The first-order valence-electron chi connectivity index (χ1n) is 4.66. The Kier molecular flexibility index (Phi) is 4.37. The van der Waals surface area contributed by atoms with Gasteiger partial charge in [-0.25, -0.2) is 9.78 Å². The first-order valence-corrected chi connectivity index (χ1v) is 5.04. The van der Waals surface area contributed by atoms with Gasteiger partial charge in [-0.05, 0) is 12.5 Å². The van der Waals surface area contributed by atoms with Crippen LogP contribution in [0.5, 0.6) is 5.88 Å². The Morgan fingerprint density at radius 1 is 1.67 bits per heavy atom. The van der Waals surface area contributed by atoms with E-state index in [1.807, 2.05) is 6.92 Å². The van der Waals surface area contributed by atoms with Crippen LogP contribution in [0.15, 0.2) is 12.3 Å². The van der Waals surface area contributed by atoms with Crippen LogP contribution in [0.25, 0.3) is 0 Å². The maximum Gasteiger partial charge on any atom is 0.337 e. The molecule has 0 radical (unpaired) electrons. The molecule has 82 valence electrons. The molecule has 0 aliphatic rings. The van der Waals surface area contributed by atoms with Crippen molar-refractivity contribution < 1.29 is 14.6 Å². The lowest BCUT2D eigenvalue weighted by molar-refractivity contribution is 0.0696. The fourth-order valence-electron chi connectivity index (χ4n) is 0.962. The summed E-state index contributed by atoms with van der Waals surface area (Å²) in [4.78, 5) is 14.4. The van der Waals surface area contributed by atoms with Crippen molar-refractivity contribution in [2.24, 2.45) is 0 Å². The van der Waals surface area contributed by atoms with Gasteiger partial charge in [-0.1, -0.05) is 24.9 Å². The molecule has 15 heavy (non-hydrogen) atoms. The summed E-state index contributed by atoms with van der Waals surface area (Å²) < 4.78 is 5.28. The number of hydrogen-bond donors (Lipinski definition) is 1. The topological polar surface area (TPSA) is 59.4 Å². The fourth-order valence-corrected chi connectivity index (χ4v) is 1.18. The summed E-state index contributed by atoms with van der Waals surface area (Å²) in [7, 11) is 0. The van der Waals surface area contributed by atoms with Crippen LogP contribution in [-0.2, 0) is 0 Å². The normalized spacial score (nSPS) is 10.0. The van der Waals surface area contributed by atoms with Crippen molar-refractivity contribution in [2.75, 3.05) is 6.61 Å². The average molecular weight is 230 g/mol. The molecule has 1 aromatic rings. The second kappa shape index (κ2) is 5.56. The largest absolute Gasteiger partial charge is 0.478 e. The number of carbonyl (C=O) groups is 1. The quantitative estimate of drug-likeness (QED) is 0.789. The minimum atomic E-state index is -1.05. The van der Waals surface area contributed by atoms with Crippen LogP contribution in [0.4, 0.5) is 0 Å². The number of carboxylic acid groups (broad SMARTS) is 1. The van der Waals surface area contributed by atoms with Gasteiger partial charge < -0.3 is 9.84 Å². The number of unbranched alkanes of at least 4 members (excludes halogenated alkanes) is 1. The van der Waals surface area contributed by atoms with E-state index in [0.717, 1.165) is 12.8 Å². The highest BCUT2D eigenvalue weighted by atomic mass is 35.5. The van der Waals surface area contributed by atoms with E-state index in [9.17, 15) is 4.79 Å². The van der Waals surface area contributed by atoms with Gasteiger partial charge in [0.05, 0.1) is 12.2 Å². The van der Waals surface area contributed by atoms with Crippen LogP contribution in [0, 0.1) is 0 Å². The summed E-state index contributed by atoms with van der Waals surface area (Å²) in [5.74, 6) is -0.764. The number of pyridine rings is 1. The zero-order valence-electron chi connectivity index (χ0n) is 8.36. The van der Waals surface area contributed by atoms with Crippen LogP contribution in [0.3, 0.4) is 0 Å². The third kappa shape index (κ3) is 3.40. The van der Waals surface area contributed by atoms with E-state index >= 15 is 0 Å². The van der Waals surface area contributed by atoms with E-state index in [1.54, 1.807) is 0 Å². The number of halogens is 1. The van der Waals surface area contributed by atoms with Gasteiger partial charge in [-0.15, -0.1) is 0 Å². The van der Waals surface area contributed by atoms with Crippen molar-refractivity contribution in [1.29, 1.82) is 0 Å². The summed E-state index contributed by atoms with van der Waals surface area (Å²) in [5.41, 5.74) is 0.0582. The fraction of sp³-hybridized carbons (Fsp3) is 0.400. The Morgan fingerprint density at radius 3 is 2.93 bits per heavy atom. The molecule has 0 saturated heterocycles. The molecule has 0 bridgehead atoms. The van der Waals surface area contributed by atoms with Crippen molar-refractivity contribution in [3.63, 3.8) is 0 Å². The van der Waals surface area contributed by atoms with Crippen molar-refractivity contribution in [3.8, 4) is 5.88 Å². The molecule has 0 aliphatic heterocycles. The van der Waals surface area contributed by atoms with Gasteiger partial charge in [0.2, 0.25) is 5.88 Å². The van der Waals surface area contributed by atoms with Crippen molar-refractivity contribution in [3.05, 3.63) is 22.8 Å². The highest BCUT2D eigenvalue weighted by molar-refractivity contribution is 6.32. The van der Waals surface area contributed by atoms with Crippen molar-refractivity contribution in [2.45, 2.75) is 19.8 Å². The van der Waals surface area contributed by atoms with Gasteiger partial charge in [0.15, 0.2) is 0 Å². The molecular weight excluding hydrogens is 218 g/mol. The number of ether oxygens (including phenoxy) is 1. The Balaban J connectivity index is 2.70. The maximum atomic E-state index is 10.6. The van der Waals surface area contributed by atoms with Gasteiger partial charge >= 0.3 is 5.97 Å². The monoisotopic (exact) mass is 229 g/mol. The molecular formula is C10H12ClNO3. The Bertz CT molecular complexity index is 355. The zero-order valence-corrected chi connectivity index (χ0v) is 9.12. The number of hydrogen-bond acceptors (Lipinski definition) is 3. The van der Waals surface area contributed by atoms with Crippen LogP contribution < -0.4 is 4.74 Å². The SMILES string of the molecule is CCCCOc1ncc(C(=O)O)cc1Cl. The second-order valence-corrected chi connectivity index (χ2v) is 3.43. The lowest BCUT2D eigenvalue weighted by Crippen LogP contribution is -2.02. The van der Waals surface area contributed by atoms with Crippen LogP contribution in [0.2, 0.25) is 5.02 Å². The molecule has 1 N–H and O–H groups in total. The Labute approximate surface area is 92.8 Å². The van der Waals surface area contributed by atoms with Gasteiger partial charge in [0, 0.05) is 6.20 Å². The van der Waals surface area contributed by atoms with Crippen molar-refractivity contribution >= 4 is 17.6 Å². The summed E-state index contributed by atoms with van der Waals surface area (Å²) in [6, 6.07) is 1.33. The van der Waals surface area contributed by atoms with E-state index in [1.165, 1.54) is 12.3 Å². The zero-order chi connectivity index (χ0) is 11.3. The minimum Gasteiger partial charge on any atom is -0.478 e. The first-order chi connectivity index (χ1) is 7.15. The molecule has 0 saturated carbocycles. The molecule has 4 nitrogen and oxygen atoms in total. The molecule has 1 heterocycles. The Morgan fingerprint density at radius 2 is 2.40 bits per heavy atom. The average Bonchev–Trinajstić information content (AvgIpc) is 2.20. The molecule has 0 amide bonds. The standard InChI is InChI=1S/C10H12ClNO3/c1-2-3-4-15-9-8(11)5-7(6-12-9)10(13)14/h5-6H,2-4H2,1H3,(H,13,14). The molecule has 0 fully saturated rings. The van der Waals surface area contributed by atoms with E-state index in [0.29, 0.717) is 6.61 Å². The molecule has 1 rings (SSSR count).